The van der Waals surface area contributed by atoms with Gasteiger partial charge in [-0.15, -0.1) is 0 Å². The van der Waals surface area contributed by atoms with E-state index in [0.29, 0.717) is 36.8 Å². The van der Waals surface area contributed by atoms with Gasteiger partial charge >= 0.3 is 0 Å². The molecule has 1 aromatic carbocycles. The average Bonchev–Trinajstić information content (AvgIpc) is 2.84. The molecule has 116 valence electrons. The van der Waals surface area contributed by atoms with Gasteiger partial charge in [0.05, 0.1) is 16.1 Å². The Kier molecular flexibility index (Phi) is 3.83. The van der Waals surface area contributed by atoms with Crippen molar-refractivity contribution in [3.8, 4) is 0 Å². The zero-order valence-corrected chi connectivity index (χ0v) is 13.4. The number of benzene rings is 1. The SMILES string of the molecule is CC(=O)N1CCN(C(=O)c2c(C)[nH]c3c(Cl)cccc23)CC1. The summed E-state index contributed by atoms with van der Waals surface area (Å²) >= 11 is 6.19. The van der Waals surface area contributed by atoms with Crippen molar-refractivity contribution in [2.24, 2.45) is 0 Å². The minimum absolute atomic E-state index is 0.00535. The summed E-state index contributed by atoms with van der Waals surface area (Å²) in [4.78, 5) is 31.0. The second-order valence-corrected chi connectivity index (χ2v) is 5.99. The number of H-pyrrole nitrogens is 1. The number of carbonyl (C=O) groups excluding carboxylic acids is 2. The number of aromatic amines is 1. The number of amides is 2. The van der Waals surface area contributed by atoms with Crippen LogP contribution < -0.4 is 0 Å². The summed E-state index contributed by atoms with van der Waals surface area (Å²) in [6.45, 7) is 5.74. The van der Waals surface area contributed by atoms with E-state index in [4.69, 9.17) is 11.6 Å². The summed E-state index contributed by atoms with van der Waals surface area (Å²) in [6, 6.07) is 5.56. The highest BCUT2D eigenvalue weighted by Gasteiger charge is 2.26. The molecule has 5 nitrogen and oxygen atoms in total. The lowest BCUT2D eigenvalue weighted by Gasteiger charge is -2.34. The first-order valence-electron chi connectivity index (χ1n) is 7.30. The Bertz CT molecular complexity index is 745. The monoisotopic (exact) mass is 319 g/mol. The van der Waals surface area contributed by atoms with Gasteiger partial charge in [0.1, 0.15) is 0 Å². The third-order valence-corrected chi connectivity index (χ3v) is 4.51. The summed E-state index contributed by atoms with van der Waals surface area (Å²) in [5.74, 6) is 0.0522. The van der Waals surface area contributed by atoms with Gasteiger partial charge in [0, 0.05) is 44.2 Å². The number of piperazine rings is 1. The summed E-state index contributed by atoms with van der Waals surface area (Å²) < 4.78 is 0. The van der Waals surface area contributed by atoms with E-state index in [9.17, 15) is 9.59 Å². The number of hydrogen-bond donors (Lipinski definition) is 1. The molecule has 0 radical (unpaired) electrons. The molecule has 0 saturated carbocycles. The van der Waals surface area contributed by atoms with Gasteiger partial charge in [-0.2, -0.15) is 0 Å². The molecule has 2 heterocycles. The Labute approximate surface area is 133 Å². The lowest BCUT2D eigenvalue weighted by atomic mass is 10.1. The number of fused-ring (bicyclic) bond motifs is 1. The summed E-state index contributed by atoms with van der Waals surface area (Å²) in [5, 5.41) is 1.46. The number of aryl methyl sites for hydroxylation is 1. The van der Waals surface area contributed by atoms with Crippen LogP contribution in [-0.4, -0.2) is 52.8 Å². The van der Waals surface area contributed by atoms with Gasteiger partial charge in [-0.1, -0.05) is 23.7 Å². The highest BCUT2D eigenvalue weighted by atomic mass is 35.5. The molecule has 0 aliphatic carbocycles. The highest BCUT2D eigenvalue weighted by molar-refractivity contribution is 6.35. The van der Waals surface area contributed by atoms with Crippen LogP contribution in [0.25, 0.3) is 10.9 Å². The summed E-state index contributed by atoms with van der Waals surface area (Å²) in [7, 11) is 0. The molecule has 2 aromatic rings. The Morgan fingerprint density at radius 1 is 1.14 bits per heavy atom. The van der Waals surface area contributed by atoms with E-state index in [1.165, 1.54) is 0 Å². The van der Waals surface area contributed by atoms with Gasteiger partial charge in [0.2, 0.25) is 5.91 Å². The molecule has 1 aliphatic rings. The lowest BCUT2D eigenvalue weighted by molar-refractivity contribution is -0.130. The van der Waals surface area contributed by atoms with Crippen LogP contribution in [0.3, 0.4) is 0 Å². The minimum atomic E-state index is -0.00535. The molecule has 0 atom stereocenters. The average molecular weight is 320 g/mol. The maximum atomic E-state index is 12.8. The quantitative estimate of drug-likeness (QED) is 0.877. The van der Waals surface area contributed by atoms with E-state index in [2.05, 4.69) is 4.98 Å². The predicted molar refractivity (Wildman–Crippen MR) is 86.2 cm³/mol. The van der Waals surface area contributed by atoms with E-state index in [-0.39, 0.29) is 11.8 Å². The van der Waals surface area contributed by atoms with Crippen molar-refractivity contribution in [2.45, 2.75) is 13.8 Å². The Hall–Kier alpha value is -2.01. The fourth-order valence-corrected chi connectivity index (χ4v) is 3.19. The maximum absolute atomic E-state index is 12.8. The Morgan fingerprint density at radius 3 is 2.41 bits per heavy atom. The smallest absolute Gasteiger partial charge is 0.256 e. The number of hydrogen-bond acceptors (Lipinski definition) is 2. The highest BCUT2D eigenvalue weighted by Crippen LogP contribution is 2.29. The fourth-order valence-electron chi connectivity index (χ4n) is 2.97. The van der Waals surface area contributed by atoms with Gasteiger partial charge < -0.3 is 14.8 Å². The summed E-state index contributed by atoms with van der Waals surface area (Å²) in [6.07, 6.45) is 0. The van der Waals surface area contributed by atoms with Crippen molar-refractivity contribution >= 4 is 34.3 Å². The zero-order valence-electron chi connectivity index (χ0n) is 12.6. The van der Waals surface area contributed by atoms with Crippen LogP contribution in [0, 0.1) is 6.92 Å². The van der Waals surface area contributed by atoms with Gasteiger partial charge in [-0.05, 0) is 13.0 Å². The van der Waals surface area contributed by atoms with Crippen molar-refractivity contribution < 1.29 is 9.59 Å². The van der Waals surface area contributed by atoms with Gasteiger partial charge in [-0.3, -0.25) is 9.59 Å². The number of para-hydroxylation sites is 1. The number of halogens is 1. The summed E-state index contributed by atoms with van der Waals surface area (Å²) in [5.41, 5.74) is 2.29. The lowest BCUT2D eigenvalue weighted by Crippen LogP contribution is -2.50. The molecule has 0 spiro atoms. The van der Waals surface area contributed by atoms with Crippen LogP contribution in [0.4, 0.5) is 0 Å². The molecule has 1 saturated heterocycles. The van der Waals surface area contributed by atoms with E-state index < -0.39 is 0 Å². The van der Waals surface area contributed by atoms with Crippen LogP contribution in [0.2, 0.25) is 5.02 Å². The first kappa shape index (κ1) is 14.9. The van der Waals surface area contributed by atoms with Gasteiger partial charge in [-0.25, -0.2) is 0 Å². The maximum Gasteiger partial charge on any atom is 0.256 e. The first-order chi connectivity index (χ1) is 10.5. The number of rotatable bonds is 1. The van der Waals surface area contributed by atoms with E-state index in [0.717, 1.165) is 16.6 Å². The van der Waals surface area contributed by atoms with Crippen molar-refractivity contribution in [3.63, 3.8) is 0 Å². The van der Waals surface area contributed by atoms with Crippen LogP contribution in [0.15, 0.2) is 18.2 Å². The van der Waals surface area contributed by atoms with E-state index >= 15 is 0 Å². The van der Waals surface area contributed by atoms with Gasteiger partial charge in [0.15, 0.2) is 0 Å². The molecule has 2 amide bonds. The molecule has 3 rings (SSSR count). The third-order valence-electron chi connectivity index (χ3n) is 4.20. The second-order valence-electron chi connectivity index (χ2n) is 5.59. The Morgan fingerprint density at radius 2 is 1.77 bits per heavy atom. The standard InChI is InChI=1S/C16H18ClN3O2/c1-10-14(12-4-3-5-13(17)15(12)18-10)16(22)20-8-6-19(7-9-20)11(2)21/h3-5,18H,6-9H2,1-2H3. The predicted octanol–water partition coefficient (Wildman–Crippen LogP) is 2.43. The topological polar surface area (TPSA) is 56.4 Å². The molecule has 1 aliphatic heterocycles. The normalized spacial score (nSPS) is 15.4. The Balaban J connectivity index is 1.89. The number of nitrogens with zero attached hydrogens (tertiary/aromatic N) is 2. The minimum Gasteiger partial charge on any atom is -0.357 e. The van der Waals surface area contributed by atoms with Gasteiger partial charge in [0.25, 0.3) is 5.91 Å². The fraction of sp³-hybridized carbons (Fsp3) is 0.375. The molecule has 6 heteroatoms. The first-order valence-corrected chi connectivity index (χ1v) is 7.68. The molecule has 1 aromatic heterocycles. The number of nitrogens with one attached hydrogen (secondary N) is 1. The van der Waals surface area contributed by atoms with Crippen molar-refractivity contribution in [1.82, 2.24) is 14.8 Å². The van der Waals surface area contributed by atoms with E-state index in [1.807, 2.05) is 19.1 Å². The molecule has 22 heavy (non-hydrogen) atoms. The van der Waals surface area contributed by atoms with Crippen molar-refractivity contribution in [2.75, 3.05) is 26.2 Å². The van der Waals surface area contributed by atoms with Crippen molar-refractivity contribution in [1.29, 1.82) is 0 Å². The molecular weight excluding hydrogens is 302 g/mol. The molecular formula is C16H18ClN3O2. The zero-order chi connectivity index (χ0) is 15.9. The van der Waals surface area contributed by atoms with Crippen LogP contribution in [-0.2, 0) is 4.79 Å². The number of aromatic nitrogens is 1. The van der Waals surface area contributed by atoms with Crippen LogP contribution in [0.5, 0.6) is 0 Å². The van der Waals surface area contributed by atoms with Crippen LogP contribution in [0.1, 0.15) is 23.0 Å². The number of carbonyl (C=O) groups is 2. The largest absolute Gasteiger partial charge is 0.357 e. The third kappa shape index (κ3) is 2.46. The second kappa shape index (κ2) is 5.65. The van der Waals surface area contributed by atoms with Crippen LogP contribution >= 0.6 is 11.6 Å². The molecule has 1 fully saturated rings. The molecule has 1 N–H and O–H groups in total. The molecule has 0 unspecified atom stereocenters. The van der Waals surface area contributed by atoms with Crippen molar-refractivity contribution in [3.05, 3.63) is 34.5 Å². The van der Waals surface area contributed by atoms with E-state index in [1.54, 1.807) is 22.8 Å². The molecule has 0 bridgehead atoms.